The third-order valence-corrected chi connectivity index (χ3v) is 3.92. The Balaban J connectivity index is 1.89. The van der Waals surface area contributed by atoms with E-state index >= 15 is 0 Å². The molecule has 2 heterocycles. The summed E-state index contributed by atoms with van der Waals surface area (Å²) in [6, 6.07) is 0.405. The summed E-state index contributed by atoms with van der Waals surface area (Å²) in [7, 11) is 0. The van der Waals surface area contributed by atoms with Crippen molar-refractivity contribution >= 4 is 11.8 Å². The van der Waals surface area contributed by atoms with Gasteiger partial charge in [0.25, 0.3) is 0 Å². The van der Waals surface area contributed by atoms with Crippen LogP contribution in [0, 0.1) is 0 Å². The number of carbonyl (C=O) groups excluding carboxylic acids is 2. The van der Waals surface area contributed by atoms with E-state index in [9.17, 15) is 9.59 Å². The standard InChI is InChI=1S/C13H22N2O2/c1-2-11-6-5-9-15(11)13(17)10-14-8-4-3-7-12(14)16/h11H,2-10H2,1H3/t11-/m1/s1. The Morgan fingerprint density at radius 3 is 2.82 bits per heavy atom. The lowest BCUT2D eigenvalue weighted by Crippen LogP contribution is -2.46. The molecule has 0 N–H and O–H groups in total. The van der Waals surface area contributed by atoms with E-state index in [1.165, 1.54) is 0 Å². The van der Waals surface area contributed by atoms with Gasteiger partial charge in [0.1, 0.15) is 0 Å². The van der Waals surface area contributed by atoms with Crippen LogP contribution in [0.2, 0.25) is 0 Å². The van der Waals surface area contributed by atoms with Crippen molar-refractivity contribution in [2.24, 2.45) is 0 Å². The Bertz CT molecular complexity index is 304. The molecule has 4 heteroatoms. The number of carbonyl (C=O) groups is 2. The number of piperidine rings is 1. The van der Waals surface area contributed by atoms with Crippen LogP contribution in [0.3, 0.4) is 0 Å². The maximum absolute atomic E-state index is 12.2. The minimum Gasteiger partial charge on any atom is -0.338 e. The van der Waals surface area contributed by atoms with Gasteiger partial charge in [0, 0.05) is 25.6 Å². The zero-order chi connectivity index (χ0) is 12.3. The quantitative estimate of drug-likeness (QED) is 0.745. The van der Waals surface area contributed by atoms with Crippen LogP contribution < -0.4 is 0 Å². The third-order valence-electron chi connectivity index (χ3n) is 3.92. The maximum atomic E-state index is 12.2. The summed E-state index contributed by atoms with van der Waals surface area (Å²) in [5.41, 5.74) is 0. The van der Waals surface area contributed by atoms with E-state index in [2.05, 4.69) is 6.92 Å². The Morgan fingerprint density at radius 2 is 2.12 bits per heavy atom. The molecule has 0 aromatic carbocycles. The molecule has 0 unspecified atom stereocenters. The highest BCUT2D eigenvalue weighted by molar-refractivity contribution is 5.85. The van der Waals surface area contributed by atoms with Crippen molar-refractivity contribution in [2.75, 3.05) is 19.6 Å². The van der Waals surface area contributed by atoms with Crippen LogP contribution in [0.5, 0.6) is 0 Å². The van der Waals surface area contributed by atoms with Crippen molar-refractivity contribution in [2.45, 2.75) is 51.5 Å². The second kappa shape index (κ2) is 5.52. The van der Waals surface area contributed by atoms with E-state index in [1.54, 1.807) is 4.90 Å². The van der Waals surface area contributed by atoms with Crippen molar-refractivity contribution in [1.29, 1.82) is 0 Å². The van der Waals surface area contributed by atoms with Crippen LogP contribution in [-0.4, -0.2) is 47.3 Å². The van der Waals surface area contributed by atoms with Gasteiger partial charge < -0.3 is 9.80 Å². The van der Waals surface area contributed by atoms with Crippen molar-refractivity contribution < 1.29 is 9.59 Å². The van der Waals surface area contributed by atoms with Gasteiger partial charge in [0.2, 0.25) is 11.8 Å². The van der Waals surface area contributed by atoms with Gasteiger partial charge >= 0.3 is 0 Å². The number of likely N-dealkylation sites (tertiary alicyclic amines) is 2. The number of hydrogen-bond donors (Lipinski definition) is 0. The SMILES string of the molecule is CC[C@@H]1CCCN1C(=O)CN1CCCCC1=O. The minimum absolute atomic E-state index is 0.143. The van der Waals surface area contributed by atoms with E-state index in [4.69, 9.17) is 0 Å². The largest absolute Gasteiger partial charge is 0.338 e. The highest BCUT2D eigenvalue weighted by Crippen LogP contribution is 2.20. The summed E-state index contributed by atoms with van der Waals surface area (Å²) in [5, 5.41) is 0. The molecular weight excluding hydrogens is 216 g/mol. The Kier molecular flexibility index (Phi) is 4.02. The van der Waals surface area contributed by atoms with Crippen LogP contribution in [0.4, 0.5) is 0 Å². The predicted molar refractivity (Wildman–Crippen MR) is 65.5 cm³/mol. The van der Waals surface area contributed by atoms with Crippen LogP contribution in [0.25, 0.3) is 0 Å². The van der Waals surface area contributed by atoms with E-state index in [1.807, 2.05) is 4.90 Å². The topological polar surface area (TPSA) is 40.6 Å². The zero-order valence-electron chi connectivity index (χ0n) is 10.7. The lowest BCUT2D eigenvalue weighted by molar-refractivity contribution is -0.142. The molecule has 2 amide bonds. The van der Waals surface area contributed by atoms with E-state index in [-0.39, 0.29) is 11.8 Å². The second-order valence-corrected chi connectivity index (χ2v) is 5.06. The first-order chi connectivity index (χ1) is 8.22. The zero-order valence-corrected chi connectivity index (χ0v) is 10.7. The number of nitrogens with zero attached hydrogens (tertiary/aromatic N) is 2. The lowest BCUT2D eigenvalue weighted by atomic mass is 10.1. The normalized spacial score (nSPS) is 25.5. The van der Waals surface area contributed by atoms with Crippen LogP contribution >= 0.6 is 0 Å². The monoisotopic (exact) mass is 238 g/mol. The molecule has 2 aliphatic heterocycles. The maximum Gasteiger partial charge on any atom is 0.242 e. The summed E-state index contributed by atoms with van der Waals surface area (Å²) in [6.07, 6.45) is 5.89. The molecule has 0 aromatic rings. The van der Waals surface area contributed by atoms with Crippen molar-refractivity contribution in [1.82, 2.24) is 9.80 Å². The van der Waals surface area contributed by atoms with E-state index in [0.717, 1.165) is 45.2 Å². The van der Waals surface area contributed by atoms with E-state index < -0.39 is 0 Å². The average molecular weight is 238 g/mol. The molecule has 2 fully saturated rings. The Hall–Kier alpha value is -1.06. The van der Waals surface area contributed by atoms with Gasteiger partial charge in [-0.2, -0.15) is 0 Å². The smallest absolute Gasteiger partial charge is 0.242 e. The molecule has 0 radical (unpaired) electrons. The molecule has 0 aliphatic carbocycles. The van der Waals surface area contributed by atoms with Crippen LogP contribution in [0.1, 0.15) is 45.4 Å². The molecule has 96 valence electrons. The highest BCUT2D eigenvalue weighted by atomic mass is 16.2. The van der Waals surface area contributed by atoms with Crippen LogP contribution in [-0.2, 0) is 9.59 Å². The van der Waals surface area contributed by atoms with Gasteiger partial charge in [-0.3, -0.25) is 9.59 Å². The Morgan fingerprint density at radius 1 is 1.29 bits per heavy atom. The molecule has 2 saturated heterocycles. The third kappa shape index (κ3) is 2.79. The summed E-state index contributed by atoms with van der Waals surface area (Å²) in [4.78, 5) is 27.5. The fourth-order valence-corrected chi connectivity index (χ4v) is 2.87. The predicted octanol–water partition coefficient (Wildman–Crippen LogP) is 1.40. The first kappa shape index (κ1) is 12.4. The first-order valence-corrected chi connectivity index (χ1v) is 6.79. The van der Waals surface area contributed by atoms with Crippen molar-refractivity contribution in [3.63, 3.8) is 0 Å². The van der Waals surface area contributed by atoms with Gasteiger partial charge in [-0.25, -0.2) is 0 Å². The summed E-state index contributed by atoms with van der Waals surface area (Å²) >= 11 is 0. The molecule has 2 rings (SSSR count). The number of amides is 2. The molecule has 0 bridgehead atoms. The molecule has 4 nitrogen and oxygen atoms in total. The molecule has 0 saturated carbocycles. The minimum atomic E-state index is 0.143. The van der Waals surface area contributed by atoms with Crippen LogP contribution in [0.15, 0.2) is 0 Å². The highest BCUT2D eigenvalue weighted by Gasteiger charge is 2.29. The molecular formula is C13H22N2O2. The average Bonchev–Trinajstić information content (AvgIpc) is 2.80. The summed E-state index contributed by atoms with van der Waals surface area (Å²) in [5.74, 6) is 0.293. The molecule has 2 aliphatic rings. The van der Waals surface area contributed by atoms with Gasteiger partial charge in [-0.1, -0.05) is 6.92 Å². The fourth-order valence-electron chi connectivity index (χ4n) is 2.87. The lowest BCUT2D eigenvalue weighted by Gasteiger charge is -2.30. The fraction of sp³-hybridized carbons (Fsp3) is 0.846. The second-order valence-electron chi connectivity index (χ2n) is 5.06. The van der Waals surface area contributed by atoms with Gasteiger partial charge in [-0.05, 0) is 32.1 Å². The molecule has 0 spiro atoms. The van der Waals surface area contributed by atoms with Gasteiger partial charge in [0.05, 0.1) is 6.54 Å². The number of rotatable bonds is 3. The van der Waals surface area contributed by atoms with Crippen molar-refractivity contribution in [3.05, 3.63) is 0 Å². The summed E-state index contributed by atoms with van der Waals surface area (Å²) < 4.78 is 0. The van der Waals surface area contributed by atoms with Gasteiger partial charge in [-0.15, -0.1) is 0 Å². The molecule has 0 aromatic heterocycles. The Labute approximate surface area is 103 Å². The molecule has 1 atom stereocenters. The van der Waals surface area contributed by atoms with E-state index in [0.29, 0.717) is 19.0 Å². The summed E-state index contributed by atoms with van der Waals surface area (Å²) in [6.45, 7) is 4.06. The molecule has 17 heavy (non-hydrogen) atoms. The van der Waals surface area contributed by atoms with Gasteiger partial charge in [0.15, 0.2) is 0 Å². The van der Waals surface area contributed by atoms with Crippen molar-refractivity contribution in [3.8, 4) is 0 Å². The first-order valence-electron chi connectivity index (χ1n) is 6.79. The number of hydrogen-bond acceptors (Lipinski definition) is 2.